The molecule has 10 heteroatoms. The molecule has 1 aliphatic rings. The number of aliphatic hydroxyl groups is 1. The number of benzene rings is 3. The van der Waals surface area contributed by atoms with Gasteiger partial charge in [0.2, 0.25) is 0 Å². The van der Waals surface area contributed by atoms with Crippen LogP contribution in [0.3, 0.4) is 0 Å². The summed E-state index contributed by atoms with van der Waals surface area (Å²) in [6.45, 7) is -0.203. The highest BCUT2D eigenvalue weighted by Crippen LogP contribution is 2.31. The molecule has 4 rings (SSSR count). The number of rotatable bonds is 12. The normalized spacial score (nSPS) is 24.1. The second-order valence-corrected chi connectivity index (χ2v) is 9.58. The highest BCUT2D eigenvalue weighted by Gasteiger charge is 2.50. The summed E-state index contributed by atoms with van der Waals surface area (Å²) in [5.74, 6) is 0. The molecule has 1 heterocycles. The van der Waals surface area contributed by atoms with E-state index in [1.165, 1.54) is 0 Å². The molecule has 2 N–H and O–H groups in total. The van der Waals surface area contributed by atoms with Crippen LogP contribution in [0.4, 0.5) is 0 Å². The molecule has 0 unspecified atom stereocenters. The SMILES string of the molecule is O=S(=O)(O)O[C@@H]1[C@H](OCc2ccccc2)[C@@H](OCc2ccccc2)[C@H](OCc2ccccc2)O[C@@H]1CO. The zero-order valence-corrected chi connectivity index (χ0v) is 20.9. The molecule has 0 spiro atoms. The third kappa shape index (κ3) is 8.16. The minimum Gasteiger partial charge on any atom is -0.394 e. The van der Waals surface area contributed by atoms with Gasteiger partial charge >= 0.3 is 10.4 Å². The summed E-state index contributed by atoms with van der Waals surface area (Å²) in [6.07, 6.45) is -5.68. The summed E-state index contributed by atoms with van der Waals surface area (Å²) in [5.41, 5.74) is 2.57. The van der Waals surface area contributed by atoms with Gasteiger partial charge in [0.1, 0.15) is 24.4 Å². The van der Waals surface area contributed by atoms with Crippen molar-refractivity contribution in [2.45, 2.75) is 50.5 Å². The van der Waals surface area contributed by atoms with E-state index in [1.807, 2.05) is 91.0 Å². The molecule has 3 aromatic carbocycles. The summed E-state index contributed by atoms with van der Waals surface area (Å²) in [6, 6.07) is 28.1. The molecule has 3 aromatic rings. The molecule has 1 fully saturated rings. The van der Waals surface area contributed by atoms with E-state index in [1.54, 1.807) is 0 Å². The zero-order chi connectivity index (χ0) is 26.1. The van der Waals surface area contributed by atoms with Crippen LogP contribution in [0, 0.1) is 0 Å². The van der Waals surface area contributed by atoms with E-state index in [4.69, 9.17) is 23.1 Å². The molecule has 37 heavy (non-hydrogen) atoms. The van der Waals surface area contributed by atoms with Crippen LogP contribution in [-0.2, 0) is 53.4 Å². The fourth-order valence-electron chi connectivity index (χ4n) is 4.07. The Kier molecular flexibility index (Phi) is 9.78. The van der Waals surface area contributed by atoms with Gasteiger partial charge in [0, 0.05) is 0 Å². The van der Waals surface area contributed by atoms with E-state index in [0.29, 0.717) is 0 Å². The minimum atomic E-state index is -4.91. The maximum Gasteiger partial charge on any atom is 0.397 e. The van der Waals surface area contributed by atoms with Gasteiger partial charge in [0.05, 0.1) is 26.4 Å². The second-order valence-electron chi connectivity index (χ2n) is 8.53. The van der Waals surface area contributed by atoms with Gasteiger partial charge in [-0.25, -0.2) is 4.18 Å². The van der Waals surface area contributed by atoms with Gasteiger partial charge in [-0.3, -0.25) is 4.55 Å². The number of ether oxygens (including phenoxy) is 4. The van der Waals surface area contributed by atoms with Gasteiger partial charge in [0.15, 0.2) is 6.29 Å². The molecule has 5 atom stereocenters. The molecule has 0 radical (unpaired) electrons. The molecular formula is C27H30O9S. The predicted octanol–water partition coefficient (Wildman–Crippen LogP) is 3.28. The maximum absolute atomic E-state index is 11.7. The smallest absolute Gasteiger partial charge is 0.394 e. The lowest BCUT2D eigenvalue weighted by molar-refractivity contribution is -0.318. The minimum absolute atomic E-state index is 0.0889. The molecule has 0 saturated carbocycles. The van der Waals surface area contributed by atoms with Crippen LogP contribution >= 0.6 is 0 Å². The molecule has 198 valence electrons. The van der Waals surface area contributed by atoms with Crippen molar-refractivity contribution in [3.05, 3.63) is 108 Å². The molecule has 1 saturated heterocycles. The van der Waals surface area contributed by atoms with Gasteiger partial charge in [-0.15, -0.1) is 0 Å². The second kappa shape index (κ2) is 13.2. The highest BCUT2D eigenvalue weighted by atomic mass is 32.3. The largest absolute Gasteiger partial charge is 0.397 e. The van der Waals surface area contributed by atoms with Crippen molar-refractivity contribution in [3.63, 3.8) is 0 Å². The van der Waals surface area contributed by atoms with Crippen LogP contribution in [0.2, 0.25) is 0 Å². The summed E-state index contributed by atoms with van der Waals surface area (Å²) >= 11 is 0. The molecule has 1 aliphatic heterocycles. The monoisotopic (exact) mass is 530 g/mol. The van der Waals surface area contributed by atoms with Crippen molar-refractivity contribution in [2.75, 3.05) is 6.61 Å². The van der Waals surface area contributed by atoms with Crippen molar-refractivity contribution < 1.29 is 41.2 Å². The van der Waals surface area contributed by atoms with Gasteiger partial charge in [-0.2, -0.15) is 8.42 Å². The first-order valence-corrected chi connectivity index (χ1v) is 13.2. The first kappa shape index (κ1) is 27.4. The quantitative estimate of drug-likeness (QED) is 0.340. The van der Waals surface area contributed by atoms with Crippen molar-refractivity contribution >= 4 is 10.4 Å². The molecule has 0 aromatic heterocycles. The molecular weight excluding hydrogens is 500 g/mol. The van der Waals surface area contributed by atoms with Gasteiger partial charge in [0.25, 0.3) is 0 Å². The third-order valence-electron chi connectivity index (χ3n) is 5.83. The average Bonchev–Trinajstić information content (AvgIpc) is 2.91. The van der Waals surface area contributed by atoms with Gasteiger partial charge in [-0.05, 0) is 16.7 Å². The first-order chi connectivity index (χ1) is 17.9. The Hall–Kier alpha value is -2.67. The van der Waals surface area contributed by atoms with Gasteiger partial charge in [-0.1, -0.05) is 91.0 Å². The fourth-order valence-corrected chi connectivity index (χ4v) is 4.58. The van der Waals surface area contributed by atoms with Crippen molar-refractivity contribution in [1.82, 2.24) is 0 Å². The van der Waals surface area contributed by atoms with Crippen LogP contribution in [0.15, 0.2) is 91.0 Å². The lowest BCUT2D eigenvalue weighted by Gasteiger charge is -2.44. The molecule has 0 amide bonds. The van der Waals surface area contributed by atoms with Crippen LogP contribution in [-0.4, -0.2) is 55.4 Å². The Morgan fingerprint density at radius 1 is 0.649 bits per heavy atom. The lowest BCUT2D eigenvalue weighted by Crippen LogP contribution is -2.62. The Morgan fingerprint density at radius 3 is 1.51 bits per heavy atom. The Balaban J connectivity index is 1.63. The van der Waals surface area contributed by atoms with E-state index in [9.17, 15) is 18.1 Å². The summed E-state index contributed by atoms with van der Waals surface area (Å²) in [7, 11) is -4.91. The molecule has 0 aliphatic carbocycles. The van der Waals surface area contributed by atoms with Crippen LogP contribution in [0.25, 0.3) is 0 Å². The Labute approximate surface area is 216 Å². The summed E-state index contributed by atoms with van der Waals surface area (Å²) in [5, 5.41) is 10.0. The molecule has 0 bridgehead atoms. The van der Waals surface area contributed by atoms with E-state index in [-0.39, 0.29) is 19.8 Å². The Morgan fingerprint density at radius 2 is 1.08 bits per heavy atom. The van der Waals surface area contributed by atoms with Crippen LogP contribution in [0.5, 0.6) is 0 Å². The van der Waals surface area contributed by atoms with Crippen LogP contribution < -0.4 is 0 Å². The average molecular weight is 531 g/mol. The molecule has 9 nitrogen and oxygen atoms in total. The van der Waals surface area contributed by atoms with Crippen LogP contribution in [0.1, 0.15) is 16.7 Å². The van der Waals surface area contributed by atoms with Crippen molar-refractivity contribution in [2.24, 2.45) is 0 Å². The third-order valence-corrected chi connectivity index (χ3v) is 6.30. The lowest BCUT2D eigenvalue weighted by atomic mass is 9.98. The maximum atomic E-state index is 11.7. The topological polar surface area (TPSA) is 121 Å². The van der Waals surface area contributed by atoms with E-state index < -0.39 is 47.7 Å². The van der Waals surface area contributed by atoms with E-state index in [0.717, 1.165) is 16.7 Å². The number of hydrogen-bond donors (Lipinski definition) is 2. The first-order valence-electron chi connectivity index (χ1n) is 11.8. The van der Waals surface area contributed by atoms with Gasteiger partial charge < -0.3 is 24.1 Å². The standard InChI is InChI=1S/C27H30O9S/c28-16-23-24(36-37(29,30)31)25(32-17-20-10-4-1-5-11-20)26(33-18-21-12-6-2-7-13-21)27(35-23)34-19-22-14-8-3-9-15-22/h1-15,23-28H,16-19H2,(H,29,30,31)/t23-,24+,25+,26-,27-/m1/s1. The predicted molar refractivity (Wildman–Crippen MR) is 133 cm³/mol. The van der Waals surface area contributed by atoms with E-state index in [2.05, 4.69) is 0 Å². The fraction of sp³-hybridized carbons (Fsp3) is 0.333. The zero-order valence-electron chi connectivity index (χ0n) is 20.0. The Bertz CT molecular complexity index is 1180. The van der Waals surface area contributed by atoms with E-state index >= 15 is 0 Å². The highest BCUT2D eigenvalue weighted by molar-refractivity contribution is 7.80. The number of hydrogen-bond acceptors (Lipinski definition) is 8. The van der Waals surface area contributed by atoms with Crippen molar-refractivity contribution in [3.8, 4) is 0 Å². The van der Waals surface area contributed by atoms with Crippen molar-refractivity contribution in [1.29, 1.82) is 0 Å². The summed E-state index contributed by atoms with van der Waals surface area (Å²) in [4.78, 5) is 0. The summed E-state index contributed by atoms with van der Waals surface area (Å²) < 4.78 is 62.2. The number of aliphatic hydroxyl groups excluding tert-OH is 1.